The van der Waals surface area contributed by atoms with Gasteiger partial charge in [0, 0.05) is 11.4 Å². The van der Waals surface area contributed by atoms with Crippen molar-refractivity contribution in [1.29, 1.82) is 0 Å². The van der Waals surface area contributed by atoms with Crippen LogP contribution in [0, 0.1) is 12.7 Å². The van der Waals surface area contributed by atoms with Gasteiger partial charge in [0.05, 0.1) is 5.60 Å². The van der Waals surface area contributed by atoms with Crippen LogP contribution in [0.2, 0.25) is 5.02 Å². The zero-order chi connectivity index (χ0) is 14.3. The highest BCUT2D eigenvalue weighted by atomic mass is 35.5. The summed E-state index contributed by atoms with van der Waals surface area (Å²) in [5.41, 5.74) is 2.74. The fourth-order valence-corrected chi connectivity index (χ4v) is 3.14. The van der Waals surface area contributed by atoms with Gasteiger partial charge in [-0.15, -0.1) is 0 Å². The Kier molecular flexibility index (Phi) is 3.31. The maximum Gasteiger partial charge on any atom is 0.127 e. The molecule has 104 valence electrons. The van der Waals surface area contributed by atoms with Crippen molar-refractivity contribution in [2.45, 2.75) is 31.8 Å². The van der Waals surface area contributed by atoms with E-state index in [-0.39, 0.29) is 12.2 Å². The van der Waals surface area contributed by atoms with Gasteiger partial charge in [0.2, 0.25) is 0 Å². The van der Waals surface area contributed by atoms with Crippen LogP contribution in [0.5, 0.6) is 0 Å². The van der Waals surface area contributed by atoms with Gasteiger partial charge in [-0.05, 0) is 48.6 Å². The molecule has 0 aromatic heterocycles. The quantitative estimate of drug-likeness (QED) is 0.880. The lowest BCUT2D eigenvalue weighted by Crippen LogP contribution is -2.26. The first-order valence-electron chi connectivity index (χ1n) is 6.74. The van der Waals surface area contributed by atoms with Crippen molar-refractivity contribution in [1.82, 2.24) is 0 Å². The van der Waals surface area contributed by atoms with E-state index in [2.05, 4.69) is 6.07 Å². The summed E-state index contributed by atoms with van der Waals surface area (Å²) in [6, 6.07) is 10.7. The summed E-state index contributed by atoms with van der Waals surface area (Å²) in [6.07, 6.45) is 1.75. The number of hydrogen-bond donors (Lipinski definition) is 1. The molecule has 3 rings (SSSR count). The monoisotopic (exact) mass is 290 g/mol. The van der Waals surface area contributed by atoms with E-state index in [1.165, 1.54) is 6.07 Å². The molecule has 0 aliphatic heterocycles. The maximum absolute atomic E-state index is 13.9. The van der Waals surface area contributed by atoms with E-state index in [4.69, 9.17) is 11.6 Å². The number of rotatable bonds is 2. The number of hydrogen-bond acceptors (Lipinski definition) is 1. The van der Waals surface area contributed by atoms with Crippen molar-refractivity contribution >= 4 is 11.6 Å². The van der Waals surface area contributed by atoms with Gasteiger partial charge >= 0.3 is 0 Å². The first-order valence-corrected chi connectivity index (χ1v) is 7.12. The molecule has 3 heteroatoms. The zero-order valence-electron chi connectivity index (χ0n) is 11.3. The Morgan fingerprint density at radius 1 is 1.25 bits per heavy atom. The maximum atomic E-state index is 13.9. The summed E-state index contributed by atoms with van der Waals surface area (Å²) in [4.78, 5) is 0. The van der Waals surface area contributed by atoms with Crippen LogP contribution in [0.4, 0.5) is 4.39 Å². The summed E-state index contributed by atoms with van der Waals surface area (Å²) in [6.45, 7) is 2.00. The Labute approximate surface area is 123 Å². The molecule has 0 saturated carbocycles. The molecular weight excluding hydrogens is 275 g/mol. The van der Waals surface area contributed by atoms with Crippen molar-refractivity contribution in [2.75, 3.05) is 0 Å². The molecule has 1 nitrogen and oxygen atoms in total. The van der Waals surface area contributed by atoms with Crippen molar-refractivity contribution in [3.05, 3.63) is 69.5 Å². The Balaban J connectivity index is 1.97. The number of benzene rings is 2. The van der Waals surface area contributed by atoms with Crippen LogP contribution in [0.15, 0.2) is 36.4 Å². The molecule has 1 N–H and O–H groups in total. The molecule has 1 atom stereocenters. The fraction of sp³-hybridized carbons (Fsp3) is 0.294. The summed E-state index contributed by atoms with van der Waals surface area (Å²) in [5.74, 6) is -0.355. The van der Waals surface area contributed by atoms with Gasteiger partial charge in [0.25, 0.3) is 0 Å². The van der Waals surface area contributed by atoms with Crippen molar-refractivity contribution in [2.24, 2.45) is 0 Å². The molecule has 1 unspecified atom stereocenters. The second-order valence-electron chi connectivity index (χ2n) is 5.60. The predicted molar refractivity (Wildman–Crippen MR) is 78.5 cm³/mol. The van der Waals surface area contributed by atoms with Crippen LogP contribution in [0.3, 0.4) is 0 Å². The molecule has 0 amide bonds. The Morgan fingerprint density at radius 3 is 2.80 bits per heavy atom. The number of aryl methyl sites for hydroxylation is 2. The summed E-state index contributed by atoms with van der Waals surface area (Å²) < 4.78 is 13.9. The molecule has 0 saturated heterocycles. The molecule has 0 radical (unpaired) electrons. The summed E-state index contributed by atoms with van der Waals surface area (Å²) in [5, 5.41) is 11.3. The molecule has 0 spiro atoms. The predicted octanol–water partition coefficient (Wildman–Crippen LogP) is 4.16. The highest BCUT2D eigenvalue weighted by molar-refractivity contribution is 6.30. The smallest absolute Gasteiger partial charge is 0.127 e. The standard InChI is InChI=1S/C17H16ClFO/c1-11-2-3-12-6-7-17(20,15(12)8-11)10-13-4-5-14(18)9-16(13)19/h2-5,8-9,20H,6-7,10H2,1H3. The molecule has 0 bridgehead atoms. The van der Waals surface area contributed by atoms with Crippen LogP contribution < -0.4 is 0 Å². The van der Waals surface area contributed by atoms with Crippen LogP contribution in [-0.4, -0.2) is 5.11 Å². The van der Waals surface area contributed by atoms with E-state index >= 15 is 0 Å². The highest BCUT2D eigenvalue weighted by Crippen LogP contribution is 2.40. The lowest BCUT2D eigenvalue weighted by Gasteiger charge is -2.25. The second-order valence-corrected chi connectivity index (χ2v) is 6.04. The van der Waals surface area contributed by atoms with Crippen LogP contribution in [0.1, 0.15) is 28.7 Å². The van der Waals surface area contributed by atoms with Gasteiger partial charge in [-0.2, -0.15) is 0 Å². The van der Waals surface area contributed by atoms with E-state index in [1.54, 1.807) is 12.1 Å². The largest absolute Gasteiger partial charge is 0.385 e. The average molecular weight is 291 g/mol. The Bertz CT molecular complexity index is 668. The van der Waals surface area contributed by atoms with Gasteiger partial charge in [-0.3, -0.25) is 0 Å². The third-order valence-electron chi connectivity index (χ3n) is 4.07. The fourth-order valence-electron chi connectivity index (χ4n) is 2.98. The second kappa shape index (κ2) is 4.87. The highest BCUT2D eigenvalue weighted by Gasteiger charge is 2.37. The Morgan fingerprint density at radius 2 is 2.05 bits per heavy atom. The average Bonchev–Trinajstić information content (AvgIpc) is 2.71. The van der Waals surface area contributed by atoms with Crippen LogP contribution >= 0.6 is 11.6 Å². The van der Waals surface area contributed by atoms with Crippen LogP contribution in [0.25, 0.3) is 0 Å². The third kappa shape index (κ3) is 2.34. The SMILES string of the molecule is Cc1ccc2c(c1)C(O)(Cc1ccc(Cl)cc1F)CC2. The minimum Gasteiger partial charge on any atom is -0.385 e. The van der Waals surface area contributed by atoms with Crippen molar-refractivity contribution < 1.29 is 9.50 Å². The van der Waals surface area contributed by atoms with Gasteiger partial charge in [-0.1, -0.05) is 41.4 Å². The van der Waals surface area contributed by atoms with Gasteiger partial charge in [0.1, 0.15) is 5.82 Å². The first kappa shape index (κ1) is 13.6. The molecule has 2 aromatic carbocycles. The van der Waals surface area contributed by atoms with E-state index in [1.807, 2.05) is 19.1 Å². The molecule has 20 heavy (non-hydrogen) atoms. The molecule has 2 aromatic rings. The number of halogens is 2. The van der Waals surface area contributed by atoms with Gasteiger partial charge in [0.15, 0.2) is 0 Å². The Hall–Kier alpha value is -1.38. The molecule has 1 aliphatic rings. The lowest BCUT2D eigenvalue weighted by molar-refractivity contribution is 0.0380. The van der Waals surface area contributed by atoms with Crippen molar-refractivity contribution in [3.63, 3.8) is 0 Å². The lowest BCUT2D eigenvalue weighted by atomic mass is 9.88. The van der Waals surface area contributed by atoms with Crippen molar-refractivity contribution in [3.8, 4) is 0 Å². The molecule has 1 aliphatic carbocycles. The van der Waals surface area contributed by atoms with Crippen LogP contribution in [-0.2, 0) is 18.4 Å². The van der Waals surface area contributed by atoms with E-state index < -0.39 is 5.60 Å². The summed E-state index contributed by atoms with van der Waals surface area (Å²) in [7, 11) is 0. The zero-order valence-corrected chi connectivity index (χ0v) is 12.0. The number of aliphatic hydroxyl groups is 1. The summed E-state index contributed by atoms with van der Waals surface area (Å²) >= 11 is 5.77. The van der Waals surface area contributed by atoms with Gasteiger partial charge < -0.3 is 5.11 Å². The van der Waals surface area contributed by atoms with E-state index in [9.17, 15) is 9.50 Å². The first-order chi connectivity index (χ1) is 9.48. The normalized spacial score (nSPS) is 21.0. The topological polar surface area (TPSA) is 20.2 Å². The molecule has 0 fully saturated rings. The molecule has 0 heterocycles. The van der Waals surface area contributed by atoms with E-state index in [0.717, 1.165) is 23.1 Å². The minimum absolute atomic E-state index is 0.284. The van der Waals surface area contributed by atoms with E-state index in [0.29, 0.717) is 17.0 Å². The minimum atomic E-state index is -0.976. The number of fused-ring (bicyclic) bond motifs is 1. The molecular formula is C17H16ClFO. The van der Waals surface area contributed by atoms with Gasteiger partial charge in [-0.25, -0.2) is 4.39 Å². The third-order valence-corrected chi connectivity index (χ3v) is 4.31.